The van der Waals surface area contributed by atoms with Crippen molar-refractivity contribution in [1.29, 1.82) is 0 Å². The Bertz CT molecular complexity index is 1330. The normalized spacial score (nSPS) is 13.0. The minimum atomic E-state index is -3.79. The molecule has 2 N–H and O–H groups in total. The fourth-order valence-electron chi connectivity index (χ4n) is 3.77. The Hall–Kier alpha value is -1.95. The smallest absolute Gasteiger partial charge is 0.258 e. The van der Waals surface area contributed by atoms with E-state index in [0.29, 0.717) is 24.5 Å². The molecule has 0 saturated heterocycles. The standard InChI is InChI=1S/C30H49BrN2O8SSi2/c1-23-17-25(31)10-12-28(23)40-20-30(35)32-19-27(34)24-9-11-29(41-22-39-14-16-44(6,7)8)26(18-24)33(42(2,36)37)21-38-13-15-43(3,4)5/h9-12,17-18,27,34H,13-16,19-22H2,1-8H3,(H,32,35). The lowest BCUT2D eigenvalue weighted by atomic mass is 10.1. The summed E-state index contributed by atoms with van der Waals surface area (Å²) in [6.07, 6.45) is -0.0251. The average molecular weight is 734 g/mol. The van der Waals surface area contributed by atoms with E-state index in [0.717, 1.165) is 32.7 Å². The van der Waals surface area contributed by atoms with Crippen LogP contribution < -0.4 is 19.1 Å². The molecule has 2 aromatic carbocycles. The fraction of sp³-hybridized carbons (Fsp3) is 0.567. The van der Waals surface area contributed by atoms with Crippen molar-refractivity contribution in [2.75, 3.05) is 50.5 Å². The van der Waals surface area contributed by atoms with Gasteiger partial charge in [-0.3, -0.25) is 4.79 Å². The Kier molecular flexibility index (Phi) is 14.9. The zero-order chi connectivity index (χ0) is 33.1. The van der Waals surface area contributed by atoms with Crippen molar-refractivity contribution >= 4 is 53.7 Å². The van der Waals surface area contributed by atoms with Gasteiger partial charge in [-0.1, -0.05) is 61.3 Å². The van der Waals surface area contributed by atoms with Gasteiger partial charge >= 0.3 is 0 Å². The second-order valence-electron chi connectivity index (χ2n) is 13.2. The number of nitrogens with one attached hydrogen (secondary N) is 1. The van der Waals surface area contributed by atoms with Crippen molar-refractivity contribution < 1.29 is 37.3 Å². The lowest BCUT2D eigenvalue weighted by Crippen LogP contribution is -2.34. The van der Waals surface area contributed by atoms with Crippen molar-refractivity contribution in [1.82, 2.24) is 5.32 Å². The summed E-state index contributed by atoms with van der Waals surface area (Å²) in [4.78, 5) is 12.5. The quantitative estimate of drug-likeness (QED) is 0.106. The lowest BCUT2D eigenvalue weighted by molar-refractivity contribution is -0.123. The minimum Gasteiger partial charge on any atom is -0.484 e. The summed E-state index contributed by atoms with van der Waals surface area (Å²) in [5, 5.41) is 13.6. The Morgan fingerprint density at radius 3 is 2.16 bits per heavy atom. The van der Waals surface area contributed by atoms with Crippen LogP contribution in [0.3, 0.4) is 0 Å². The second kappa shape index (κ2) is 17.1. The Morgan fingerprint density at radius 2 is 1.57 bits per heavy atom. The van der Waals surface area contributed by atoms with E-state index in [9.17, 15) is 18.3 Å². The van der Waals surface area contributed by atoms with Crippen LogP contribution in [0.5, 0.6) is 11.5 Å². The summed E-state index contributed by atoms with van der Waals surface area (Å²) in [6.45, 7) is 15.7. The van der Waals surface area contributed by atoms with Gasteiger partial charge in [0.25, 0.3) is 5.91 Å². The summed E-state index contributed by atoms with van der Waals surface area (Å²) in [6, 6.07) is 12.1. The third kappa shape index (κ3) is 14.4. The molecule has 1 atom stereocenters. The average Bonchev–Trinajstić information content (AvgIpc) is 2.89. The number of amides is 1. The van der Waals surface area contributed by atoms with E-state index in [2.05, 4.69) is 60.5 Å². The number of aryl methyl sites for hydroxylation is 1. The van der Waals surface area contributed by atoms with Gasteiger partial charge in [0, 0.05) is 40.4 Å². The summed E-state index contributed by atoms with van der Waals surface area (Å²) in [5.74, 6) is 0.451. The molecule has 44 heavy (non-hydrogen) atoms. The molecule has 1 amide bonds. The highest BCUT2D eigenvalue weighted by Crippen LogP contribution is 2.33. The van der Waals surface area contributed by atoms with Gasteiger partial charge in [0.05, 0.1) is 18.0 Å². The van der Waals surface area contributed by atoms with Crippen molar-refractivity contribution in [2.24, 2.45) is 0 Å². The van der Waals surface area contributed by atoms with Gasteiger partial charge in [-0.25, -0.2) is 12.7 Å². The largest absolute Gasteiger partial charge is 0.484 e. The van der Waals surface area contributed by atoms with Gasteiger partial charge in [-0.15, -0.1) is 0 Å². The Labute approximate surface area is 273 Å². The monoisotopic (exact) mass is 732 g/mol. The second-order valence-corrected chi connectivity index (χ2v) is 27.3. The van der Waals surface area contributed by atoms with E-state index in [1.165, 1.54) is 0 Å². The number of anilines is 1. The van der Waals surface area contributed by atoms with Crippen LogP contribution in [0.25, 0.3) is 0 Å². The topological polar surface area (TPSA) is 124 Å². The molecule has 0 aliphatic rings. The lowest BCUT2D eigenvalue weighted by Gasteiger charge is -2.26. The molecule has 0 heterocycles. The summed E-state index contributed by atoms with van der Waals surface area (Å²) in [7, 11) is -6.46. The van der Waals surface area contributed by atoms with Gasteiger partial charge in [0.1, 0.15) is 18.2 Å². The Morgan fingerprint density at radius 1 is 0.955 bits per heavy atom. The molecule has 2 rings (SSSR count). The van der Waals surface area contributed by atoms with E-state index in [-0.39, 0.29) is 38.1 Å². The third-order valence-corrected chi connectivity index (χ3v) is 11.5. The van der Waals surface area contributed by atoms with Gasteiger partial charge in [-0.2, -0.15) is 0 Å². The summed E-state index contributed by atoms with van der Waals surface area (Å²) >= 11 is 3.40. The predicted octanol–water partition coefficient (Wildman–Crippen LogP) is 5.76. The van der Waals surface area contributed by atoms with Crippen LogP contribution in [-0.2, 0) is 24.3 Å². The number of aliphatic hydroxyl groups excluding tert-OH is 1. The molecule has 14 heteroatoms. The first-order valence-corrected chi connectivity index (χ1v) is 24.6. The first-order valence-electron chi connectivity index (χ1n) is 14.6. The highest BCUT2D eigenvalue weighted by atomic mass is 79.9. The molecule has 0 aliphatic carbocycles. The van der Waals surface area contributed by atoms with Crippen molar-refractivity contribution in [3.8, 4) is 11.5 Å². The number of sulfonamides is 1. The molecule has 2 aromatic rings. The molecule has 0 aliphatic heterocycles. The van der Waals surface area contributed by atoms with Crippen LogP contribution in [0.2, 0.25) is 51.4 Å². The number of carbonyl (C=O) groups excluding carboxylic acids is 1. The maximum absolute atomic E-state index is 12.9. The summed E-state index contributed by atoms with van der Waals surface area (Å²) < 4.78 is 50.9. The van der Waals surface area contributed by atoms with Gasteiger partial charge < -0.3 is 29.4 Å². The predicted molar refractivity (Wildman–Crippen MR) is 185 cm³/mol. The van der Waals surface area contributed by atoms with E-state index >= 15 is 0 Å². The van der Waals surface area contributed by atoms with E-state index in [1.54, 1.807) is 24.3 Å². The summed E-state index contributed by atoms with van der Waals surface area (Å²) in [5.41, 5.74) is 1.49. The molecule has 0 aromatic heterocycles. The van der Waals surface area contributed by atoms with Crippen molar-refractivity contribution in [2.45, 2.75) is 64.4 Å². The van der Waals surface area contributed by atoms with Crippen LogP contribution >= 0.6 is 15.9 Å². The highest BCUT2D eigenvalue weighted by molar-refractivity contribution is 9.10. The molecule has 0 fully saturated rings. The zero-order valence-electron chi connectivity index (χ0n) is 27.2. The number of halogens is 1. The number of rotatable bonds is 19. The molecule has 248 valence electrons. The van der Waals surface area contributed by atoms with Gasteiger partial charge in [0.15, 0.2) is 13.4 Å². The van der Waals surface area contributed by atoms with Crippen LogP contribution in [0.1, 0.15) is 17.2 Å². The number of aliphatic hydroxyl groups is 1. The first-order chi connectivity index (χ1) is 20.4. The molecule has 0 radical (unpaired) electrons. The van der Waals surface area contributed by atoms with E-state index in [1.807, 2.05) is 19.1 Å². The number of hydrogen-bond donors (Lipinski definition) is 2. The molecule has 10 nitrogen and oxygen atoms in total. The number of hydrogen-bond acceptors (Lipinski definition) is 8. The van der Waals surface area contributed by atoms with Crippen molar-refractivity contribution in [3.05, 3.63) is 52.0 Å². The highest BCUT2D eigenvalue weighted by Gasteiger charge is 2.24. The zero-order valence-corrected chi connectivity index (χ0v) is 31.6. The molecule has 0 spiro atoms. The van der Waals surface area contributed by atoms with Crippen LogP contribution in [0.15, 0.2) is 40.9 Å². The van der Waals surface area contributed by atoms with Gasteiger partial charge in [0.2, 0.25) is 10.0 Å². The third-order valence-electron chi connectivity index (χ3n) is 6.52. The number of ether oxygens (including phenoxy) is 4. The number of benzene rings is 2. The van der Waals surface area contributed by atoms with Gasteiger partial charge in [-0.05, 0) is 60.5 Å². The van der Waals surface area contributed by atoms with Crippen LogP contribution in [-0.4, -0.2) is 81.7 Å². The van der Waals surface area contributed by atoms with E-state index < -0.39 is 38.2 Å². The molecule has 0 saturated carbocycles. The molecular weight excluding hydrogens is 684 g/mol. The van der Waals surface area contributed by atoms with Crippen molar-refractivity contribution in [3.63, 3.8) is 0 Å². The Balaban J connectivity index is 2.17. The maximum atomic E-state index is 12.9. The number of carbonyl (C=O) groups is 1. The van der Waals surface area contributed by atoms with E-state index in [4.69, 9.17) is 18.9 Å². The maximum Gasteiger partial charge on any atom is 0.258 e. The first kappa shape index (κ1) is 38.2. The minimum absolute atomic E-state index is 0.0542. The van der Waals surface area contributed by atoms with Crippen LogP contribution in [0, 0.1) is 6.92 Å². The molecule has 1 unspecified atom stereocenters. The SMILES string of the molecule is Cc1cc(Br)ccc1OCC(=O)NCC(O)c1ccc(OCOCC[Si](C)(C)C)c(N(COCC[Si](C)(C)C)S(C)(=O)=O)c1. The molecular formula is C30H49BrN2O8SSi2. The fourth-order valence-corrected chi connectivity index (χ4v) is 6.52. The van der Waals surface area contributed by atoms with Crippen LogP contribution in [0.4, 0.5) is 5.69 Å². The molecule has 0 bridgehead atoms. The number of nitrogens with zero attached hydrogens (tertiary/aromatic N) is 1.